The summed E-state index contributed by atoms with van der Waals surface area (Å²) in [5.74, 6) is 0.104. The molecule has 0 fully saturated rings. The van der Waals surface area contributed by atoms with Crippen molar-refractivity contribution >= 4 is 49.4 Å². The Balaban J connectivity index is 0.000000288. The molecule has 2 aromatic heterocycles. The quantitative estimate of drug-likeness (QED) is 0.0831. The topological polar surface area (TPSA) is 76.2 Å². The summed E-state index contributed by atoms with van der Waals surface area (Å²) in [6, 6.07) is 32.9. The SMILES string of the molecule is CC(C)(C)C(=O)/C=C(\O)C(C)(C)C.Cc1cc(C)c2c(ccc3c(-c4[c-]ccc5c4oc4cc(-c6ccccc6)ccc45)ncnc32)c1.[Ir]. The zero-order valence-electron chi connectivity index (χ0n) is 29.2. The number of aromatic nitrogens is 2. The summed E-state index contributed by atoms with van der Waals surface area (Å²) in [5.41, 5.74) is 8.31. The number of nitrogens with zero attached hydrogens (tertiary/aromatic N) is 2. The van der Waals surface area contributed by atoms with Crippen molar-refractivity contribution in [3.63, 3.8) is 0 Å². The van der Waals surface area contributed by atoms with E-state index in [4.69, 9.17) is 14.4 Å². The van der Waals surface area contributed by atoms with E-state index in [-0.39, 0.29) is 37.1 Å². The second-order valence-corrected chi connectivity index (χ2v) is 14.5. The second kappa shape index (κ2) is 13.7. The Bertz CT molecular complexity index is 2360. The number of aliphatic hydroxyl groups is 1. The Hall–Kier alpha value is -4.64. The van der Waals surface area contributed by atoms with Gasteiger partial charge >= 0.3 is 0 Å². The molecule has 6 heteroatoms. The van der Waals surface area contributed by atoms with Crippen LogP contribution >= 0.6 is 0 Å². The van der Waals surface area contributed by atoms with Crippen LogP contribution in [0.5, 0.6) is 0 Å². The van der Waals surface area contributed by atoms with Gasteiger partial charge in [-0.3, -0.25) is 9.78 Å². The summed E-state index contributed by atoms with van der Waals surface area (Å²) < 4.78 is 6.48. The van der Waals surface area contributed by atoms with Crippen LogP contribution in [0.3, 0.4) is 0 Å². The zero-order valence-corrected chi connectivity index (χ0v) is 31.6. The Morgan fingerprint density at radius 3 is 2.20 bits per heavy atom. The second-order valence-electron chi connectivity index (χ2n) is 14.5. The van der Waals surface area contributed by atoms with Crippen LogP contribution < -0.4 is 0 Å². The molecule has 0 unspecified atom stereocenters. The largest absolute Gasteiger partial charge is 0.512 e. The summed E-state index contributed by atoms with van der Waals surface area (Å²) in [4.78, 5) is 20.9. The summed E-state index contributed by atoms with van der Waals surface area (Å²) in [6.45, 7) is 15.4. The number of aryl methyl sites for hydroxylation is 2. The van der Waals surface area contributed by atoms with Gasteiger partial charge in [0, 0.05) is 53.5 Å². The molecule has 0 aliphatic carbocycles. The fourth-order valence-electron chi connectivity index (χ4n) is 5.87. The van der Waals surface area contributed by atoms with E-state index in [1.807, 2.05) is 53.7 Å². The van der Waals surface area contributed by atoms with Crippen molar-refractivity contribution in [3.05, 3.63) is 120 Å². The number of allylic oxidation sites excluding steroid dienone is 2. The molecular formula is C43H41IrN2O3-. The van der Waals surface area contributed by atoms with E-state index in [9.17, 15) is 9.90 Å². The molecule has 0 aliphatic rings. The summed E-state index contributed by atoms with van der Waals surface area (Å²) >= 11 is 0. The Morgan fingerprint density at radius 1 is 0.796 bits per heavy atom. The predicted molar refractivity (Wildman–Crippen MR) is 198 cm³/mol. The third kappa shape index (κ3) is 7.22. The van der Waals surface area contributed by atoms with Crippen molar-refractivity contribution in [2.45, 2.75) is 55.4 Å². The molecule has 0 bridgehead atoms. The van der Waals surface area contributed by atoms with Gasteiger partial charge in [-0.2, -0.15) is 0 Å². The van der Waals surface area contributed by atoms with Gasteiger partial charge in [0.05, 0.1) is 11.1 Å². The Kier molecular flexibility index (Phi) is 9.97. The van der Waals surface area contributed by atoms with Gasteiger partial charge < -0.3 is 9.52 Å². The number of ketones is 1. The van der Waals surface area contributed by atoms with Crippen molar-refractivity contribution in [3.8, 4) is 22.4 Å². The average Bonchev–Trinajstić information content (AvgIpc) is 3.42. The van der Waals surface area contributed by atoms with Crippen molar-refractivity contribution in [1.29, 1.82) is 0 Å². The van der Waals surface area contributed by atoms with Crippen molar-refractivity contribution in [2.75, 3.05) is 0 Å². The number of aliphatic hydroxyl groups excluding tert-OH is 1. The minimum atomic E-state index is -0.417. The van der Waals surface area contributed by atoms with Crippen LogP contribution in [0.15, 0.2) is 108 Å². The first-order valence-electron chi connectivity index (χ1n) is 16.3. The molecule has 5 aromatic carbocycles. The van der Waals surface area contributed by atoms with Crippen molar-refractivity contribution in [2.24, 2.45) is 10.8 Å². The maximum Gasteiger partial charge on any atom is 0.164 e. The van der Waals surface area contributed by atoms with Gasteiger partial charge in [-0.1, -0.05) is 125 Å². The molecule has 0 saturated carbocycles. The standard InChI is InChI=1S/C32H21N2O.C11H20O2.Ir/c1-19-15-20(2)29-23(16-19)12-14-26-30(33-18-34-31(26)29)27-10-6-9-25-24-13-11-22(17-28(24)35-32(25)27)21-7-4-3-5-8-21;1-10(2,3)8(12)7-9(13)11(4,5)6;/h3-9,11-18H,1-2H3;7,12H,1-6H3;/q-1;;/b;8-7-;. The maximum atomic E-state index is 11.5. The number of furan rings is 1. The number of fused-ring (bicyclic) bond motifs is 6. The molecule has 1 radical (unpaired) electrons. The van der Waals surface area contributed by atoms with E-state index < -0.39 is 5.41 Å². The fourth-order valence-corrected chi connectivity index (χ4v) is 5.87. The summed E-state index contributed by atoms with van der Waals surface area (Å²) in [7, 11) is 0. The number of benzene rings is 5. The van der Waals surface area contributed by atoms with Crippen LogP contribution in [0.2, 0.25) is 0 Å². The molecule has 5 nitrogen and oxygen atoms in total. The normalized spacial score (nSPS) is 12.2. The minimum Gasteiger partial charge on any atom is -0.512 e. The first kappa shape index (κ1) is 35.7. The average molecular weight is 826 g/mol. The van der Waals surface area contributed by atoms with Gasteiger partial charge in [-0.15, -0.1) is 18.2 Å². The molecular weight excluding hydrogens is 785 g/mol. The van der Waals surface area contributed by atoms with E-state index in [2.05, 4.69) is 92.7 Å². The van der Waals surface area contributed by atoms with Gasteiger partial charge in [0.1, 0.15) is 17.7 Å². The molecule has 0 aliphatic heterocycles. The number of hydrogen-bond acceptors (Lipinski definition) is 5. The monoisotopic (exact) mass is 826 g/mol. The van der Waals surface area contributed by atoms with Crippen LogP contribution in [0.1, 0.15) is 52.7 Å². The third-order valence-corrected chi connectivity index (χ3v) is 8.61. The number of hydrogen-bond donors (Lipinski definition) is 1. The molecule has 1 N–H and O–H groups in total. The van der Waals surface area contributed by atoms with Gasteiger partial charge in [0.25, 0.3) is 0 Å². The van der Waals surface area contributed by atoms with Gasteiger partial charge in [0.2, 0.25) is 0 Å². The molecule has 251 valence electrons. The Morgan fingerprint density at radius 2 is 1.51 bits per heavy atom. The van der Waals surface area contributed by atoms with Crippen molar-refractivity contribution < 1.29 is 34.4 Å². The van der Waals surface area contributed by atoms with E-state index in [1.165, 1.54) is 33.5 Å². The molecule has 7 aromatic rings. The van der Waals surface area contributed by atoms with E-state index in [0.29, 0.717) is 0 Å². The van der Waals surface area contributed by atoms with Gasteiger partial charge in [0.15, 0.2) is 5.78 Å². The molecule has 49 heavy (non-hydrogen) atoms. The Labute approximate surface area is 301 Å². The third-order valence-electron chi connectivity index (χ3n) is 8.61. The minimum absolute atomic E-state index is 0. The summed E-state index contributed by atoms with van der Waals surface area (Å²) in [5, 5.41) is 15.1. The number of carbonyl (C=O) groups excluding carboxylic acids is 1. The van der Waals surface area contributed by atoms with Gasteiger partial charge in [-0.05, 0) is 47.4 Å². The van der Waals surface area contributed by atoms with E-state index in [0.717, 1.165) is 49.7 Å². The molecule has 0 saturated heterocycles. The number of rotatable bonds is 3. The van der Waals surface area contributed by atoms with E-state index in [1.54, 1.807) is 6.33 Å². The zero-order chi connectivity index (χ0) is 34.4. The van der Waals surface area contributed by atoms with Crippen LogP contribution in [0, 0.1) is 30.7 Å². The molecule has 0 atom stereocenters. The first-order chi connectivity index (χ1) is 22.7. The van der Waals surface area contributed by atoms with E-state index >= 15 is 0 Å². The summed E-state index contributed by atoms with van der Waals surface area (Å²) in [6.07, 6.45) is 2.99. The molecule has 2 heterocycles. The molecule has 0 amide bonds. The van der Waals surface area contributed by atoms with Crippen LogP contribution in [-0.2, 0) is 24.9 Å². The number of carbonyl (C=O) groups is 1. The van der Waals surface area contributed by atoms with Gasteiger partial charge in [-0.25, -0.2) is 4.98 Å². The fraction of sp³-hybridized carbons (Fsp3) is 0.233. The molecule has 7 rings (SSSR count). The molecule has 0 spiro atoms. The maximum absolute atomic E-state index is 11.5. The van der Waals surface area contributed by atoms with Crippen LogP contribution in [0.25, 0.3) is 66.0 Å². The first-order valence-corrected chi connectivity index (χ1v) is 16.3. The predicted octanol–water partition coefficient (Wildman–Crippen LogP) is 11.5. The van der Waals surface area contributed by atoms with Crippen LogP contribution in [0.4, 0.5) is 0 Å². The smallest absolute Gasteiger partial charge is 0.164 e. The van der Waals surface area contributed by atoms with Crippen molar-refractivity contribution in [1.82, 2.24) is 9.97 Å². The van der Waals surface area contributed by atoms with Crippen LogP contribution in [-0.4, -0.2) is 20.9 Å².